The number of aromatic amines is 1. The number of para-hydroxylation sites is 1. The van der Waals surface area contributed by atoms with Crippen LogP contribution < -0.4 is 0 Å². The number of carbonyl (C=O) groups excluding carboxylic acids is 1. The van der Waals surface area contributed by atoms with Gasteiger partial charge in [0.05, 0.1) is 17.6 Å². The fourth-order valence-corrected chi connectivity index (χ4v) is 2.94. The van der Waals surface area contributed by atoms with Crippen LogP contribution in [0.3, 0.4) is 0 Å². The topological polar surface area (TPSA) is 66.8 Å². The van der Waals surface area contributed by atoms with E-state index in [1.54, 1.807) is 6.20 Å². The predicted molar refractivity (Wildman–Crippen MR) is 86.9 cm³/mol. The Bertz CT molecular complexity index is 874. The van der Waals surface area contributed by atoms with E-state index in [1.165, 1.54) is 0 Å². The summed E-state index contributed by atoms with van der Waals surface area (Å²) in [4.78, 5) is 27.1. The fourth-order valence-electron chi connectivity index (χ4n) is 2.94. The first-order valence-corrected chi connectivity index (χ1v) is 7.86. The van der Waals surface area contributed by atoms with Crippen LogP contribution in [0.1, 0.15) is 34.8 Å². The van der Waals surface area contributed by atoms with Gasteiger partial charge in [0, 0.05) is 25.5 Å². The van der Waals surface area contributed by atoms with Gasteiger partial charge in [0.15, 0.2) is 0 Å². The van der Waals surface area contributed by atoms with Gasteiger partial charge in [-0.1, -0.05) is 6.07 Å². The lowest BCUT2D eigenvalue weighted by atomic mass is 10.1. The van der Waals surface area contributed by atoms with E-state index < -0.39 is 0 Å². The maximum atomic E-state index is 13.1. The highest BCUT2D eigenvalue weighted by Crippen LogP contribution is 2.30. The molecule has 0 radical (unpaired) electrons. The van der Waals surface area contributed by atoms with Crippen molar-refractivity contribution in [3.05, 3.63) is 47.8 Å². The molecule has 118 valence electrons. The zero-order valence-corrected chi connectivity index (χ0v) is 13.3. The second-order valence-electron chi connectivity index (χ2n) is 6.14. The van der Waals surface area contributed by atoms with Crippen LogP contribution in [0.4, 0.5) is 0 Å². The first-order chi connectivity index (χ1) is 11.1. The van der Waals surface area contributed by atoms with Crippen molar-refractivity contribution in [1.29, 1.82) is 0 Å². The smallest absolute Gasteiger partial charge is 0.256 e. The van der Waals surface area contributed by atoms with Crippen molar-refractivity contribution in [2.75, 3.05) is 0 Å². The largest absolute Gasteiger partial charge is 0.342 e. The lowest BCUT2D eigenvalue weighted by Crippen LogP contribution is -2.33. The number of rotatable bonds is 4. The number of aromatic nitrogens is 4. The molecule has 2 aromatic heterocycles. The van der Waals surface area contributed by atoms with Crippen LogP contribution in [-0.2, 0) is 13.6 Å². The Balaban J connectivity index is 1.71. The maximum absolute atomic E-state index is 13.1. The van der Waals surface area contributed by atoms with Crippen LogP contribution >= 0.6 is 0 Å². The number of H-pyrrole nitrogens is 1. The zero-order valence-electron chi connectivity index (χ0n) is 13.3. The van der Waals surface area contributed by atoms with Gasteiger partial charge in [-0.2, -0.15) is 0 Å². The minimum Gasteiger partial charge on any atom is -0.342 e. The maximum Gasteiger partial charge on any atom is 0.256 e. The third-order valence-corrected chi connectivity index (χ3v) is 4.34. The van der Waals surface area contributed by atoms with Crippen LogP contribution in [0.25, 0.3) is 11.0 Å². The lowest BCUT2D eigenvalue weighted by Gasteiger charge is -2.22. The van der Waals surface area contributed by atoms with E-state index in [0.717, 1.165) is 35.5 Å². The molecule has 0 atom stereocenters. The first-order valence-electron chi connectivity index (χ1n) is 7.86. The summed E-state index contributed by atoms with van der Waals surface area (Å²) in [5.41, 5.74) is 2.31. The minimum absolute atomic E-state index is 0.0348. The van der Waals surface area contributed by atoms with Crippen LogP contribution in [-0.4, -0.2) is 36.4 Å². The number of benzene rings is 1. The van der Waals surface area contributed by atoms with Gasteiger partial charge < -0.3 is 14.5 Å². The first kappa shape index (κ1) is 14.0. The zero-order chi connectivity index (χ0) is 16.0. The van der Waals surface area contributed by atoms with E-state index in [2.05, 4.69) is 15.0 Å². The van der Waals surface area contributed by atoms with Crippen molar-refractivity contribution < 1.29 is 4.79 Å². The Labute approximate surface area is 134 Å². The molecule has 0 unspecified atom stereocenters. The number of aryl methyl sites for hydroxylation is 2. The van der Waals surface area contributed by atoms with Crippen LogP contribution in [0.2, 0.25) is 0 Å². The minimum atomic E-state index is 0.0348. The van der Waals surface area contributed by atoms with Gasteiger partial charge in [-0.25, -0.2) is 9.97 Å². The molecule has 1 N–H and O–H groups in total. The highest BCUT2D eigenvalue weighted by molar-refractivity contribution is 6.05. The Morgan fingerprint density at radius 3 is 2.96 bits per heavy atom. The van der Waals surface area contributed by atoms with Gasteiger partial charge in [-0.05, 0) is 31.9 Å². The molecule has 1 fully saturated rings. The number of hydrogen-bond donors (Lipinski definition) is 1. The molecule has 6 nitrogen and oxygen atoms in total. The molecular formula is C17H19N5O. The monoisotopic (exact) mass is 309 g/mol. The van der Waals surface area contributed by atoms with E-state index >= 15 is 0 Å². The molecule has 1 amide bonds. The highest BCUT2D eigenvalue weighted by Gasteiger charge is 2.34. The van der Waals surface area contributed by atoms with Crippen LogP contribution in [0.15, 0.2) is 30.6 Å². The van der Waals surface area contributed by atoms with Crippen LogP contribution in [0.5, 0.6) is 0 Å². The van der Waals surface area contributed by atoms with E-state index in [0.29, 0.717) is 18.2 Å². The summed E-state index contributed by atoms with van der Waals surface area (Å²) in [5.74, 6) is 1.76. The summed E-state index contributed by atoms with van der Waals surface area (Å²) in [6.07, 6.45) is 5.79. The number of amides is 1. The van der Waals surface area contributed by atoms with Crippen LogP contribution in [0, 0.1) is 6.92 Å². The number of imidazole rings is 2. The quantitative estimate of drug-likeness (QED) is 0.805. The van der Waals surface area contributed by atoms with E-state index in [4.69, 9.17) is 0 Å². The van der Waals surface area contributed by atoms with Crippen molar-refractivity contribution in [3.63, 3.8) is 0 Å². The third kappa shape index (κ3) is 2.50. The highest BCUT2D eigenvalue weighted by atomic mass is 16.2. The van der Waals surface area contributed by atoms with Crippen molar-refractivity contribution >= 4 is 16.9 Å². The summed E-state index contributed by atoms with van der Waals surface area (Å²) < 4.78 is 1.96. The summed E-state index contributed by atoms with van der Waals surface area (Å²) in [6.45, 7) is 2.44. The van der Waals surface area contributed by atoms with Gasteiger partial charge in [0.25, 0.3) is 5.91 Å². The summed E-state index contributed by atoms with van der Waals surface area (Å²) in [6, 6.07) is 6.03. The molecule has 3 aromatic rings. The molecule has 1 aromatic carbocycles. The molecule has 1 aliphatic carbocycles. The van der Waals surface area contributed by atoms with E-state index in [1.807, 2.05) is 47.8 Å². The third-order valence-electron chi connectivity index (χ3n) is 4.34. The Hall–Kier alpha value is -2.63. The molecule has 1 aliphatic rings. The molecular weight excluding hydrogens is 290 g/mol. The van der Waals surface area contributed by atoms with Gasteiger partial charge >= 0.3 is 0 Å². The van der Waals surface area contributed by atoms with E-state index in [-0.39, 0.29) is 5.91 Å². The SMILES string of the molecule is Cc1nc2c(C(=O)N(Cc3nccn3C)C3CC3)cccc2[nH]1. The molecule has 4 rings (SSSR count). The molecule has 0 bridgehead atoms. The van der Waals surface area contributed by atoms with Crippen molar-refractivity contribution in [2.45, 2.75) is 32.4 Å². The molecule has 0 aliphatic heterocycles. The standard InChI is InChI=1S/C17H19N5O/c1-11-19-14-5-3-4-13(16(14)20-11)17(23)22(12-6-7-12)10-15-18-8-9-21(15)2/h3-5,8-9,12H,6-7,10H2,1-2H3,(H,19,20). The molecule has 6 heteroatoms. The van der Waals surface area contributed by atoms with Crippen molar-refractivity contribution in [2.24, 2.45) is 7.05 Å². The number of fused-ring (bicyclic) bond motifs is 1. The Morgan fingerprint density at radius 1 is 1.43 bits per heavy atom. The summed E-state index contributed by atoms with van der Waals surface area (Å²) in [7, 11) is 1.95. The Morgan fingerprint density at radius 2 is 2.26 bits per heavy atom. The Kier molecular flexibility index (Phi) is 3.18. The fraction of sp³-hybridized carbons (Fsp3) is 0.353. The van der Waals surface area contributed by atoms with Gasteiger partial charge in [0.2, 0.25) is 0 Å². The summed E-state index contributed by atoms with van der Waals surface area (Å²) in [5, 5.41) is 0. The number of nitrogens with one attached hydrogen (secondary N) is 1. The normalized spacial score (nSPS) is 14.3. The lowest BCUT2D eigenvalue weighted by molar-refractivity contribution is 0.0726. The van der Waals surface area contributed by atoms with Crippen molar-refractivity contribution in [1.82, 2.24) is 24.4 Å². The van der Waals surface area contributed by atoms with E-state index in [9.17, 15) is 4.79 Å². The second-order valence-corrected chi connectivity index (χ2v) is 6.14. The molecule has 0 saturated heterocycles. The molecule has 2 heterocycles. The summed E-state index contributed by atoms with van der Waals surface area (Å²) >= 11 is 0. The van der Waals surface area contributed by atoms with Crippen molar-refractivity contribution in [3.8, 4) is 0 Å². The molecule has 0 spiro atoms. The average Bonchev–Trinajstić information content (AvgIpc) is 3.18. The van der Waals surface area contributed by atoms with Gasteiger partial charge in [-0.15, -0.1) is 0 Å². The van der Waals surface area contributed by atoms with Gasteiger partial charge in [-0.3, -0.25) is 4.79 Å². The second kappa shape index (κ2) is 5.22. The molecule has 23 heavy (non-hydrogen) atoms. The average molecular weight is 309 g/mol. The predicted octanol–water partition coefficient (Wildman–Crippen LogP) is 2.41. The number of hydrogen-bond acceptors (Lipinski definition) is 3. The van der Waals surface area contributed by atoms with Gasteiger partial charge in [0.1, 0.15) is 17.2 Å². The number of carbonyl (C=O) groups is 1. The number of nitrogens with zero attached hydrogens (tertiary/aromatic N) is 4. The molecule has 1 saturated carbocycles.